The van der Waals surface area contributed by atoms with E-state index in [0.29, 0.717) is 67.3 Å². The second-order valence-electron chi connectivity index (χ2n) is 18.2. The summed E-state index contributed by atoms with van der Waals surface area (Å²) < 4.78 is 47.0. The molecule has 3 aromatic rings. The average molecular weight is 887 g/mol. The van der Waals surface area contributed by atoms with Crippen LogP contribution in [0.25, 0.3) is 0 Å². The number of hydrogen-bond acceptors (Lipinski definition) is 11. The number of carbonyl (C=O) groups is 4. The van der Waals surface area contributed by atoms with Crippen LogP contribution < -0.4 is 10.1 Å². The van der Waals surface area contributed by atoms with E-state index in [2.05, 4.69) is 22.1 Å². The summed E-state index contributed by atoms with van der Waals surface area (Å²) in [4.78, 5) is 60.9. The SMILES string of the molecule is Cc1ccc(S(=O)(=O)OCCOc2cccc(C#Cc3cncc([C@H](CC(=O)OC(C)(C)C)NC(=O)[C@@H]4CCCN(C(=O)CCC5CCN(C(=O)OC(C)(C)C)CC5)C4)c3)c2)cc1. The first-order chi connectivity index (χ1) is 29.7. The molecule has 15 heteroatoms. The van der Waals surface area contributed by atoms with Gasteiger partial charge in [-0.2, -0.15) is 8.42 Å². The Bertz CT molecular complexity index is 2230. The average Bonchev–Trinajstić information content (AvgIpc) is 3.22. The van der Waals surface area contributed by atoms with E-state index in [4.69, 9.17) is 18.4 Å². The lowest BCUT2D eigenvalue weighted by atomic mass is 9.91. The fraction of sp³-hybridized carbons (Fsp3) is 0.521. The van der Waals surface area contributed by atoms with Crippen molar-refractivity contribution in [3.05, 3.63) is 89.2 Å². The van der Waals surface area contributed by atoms with Gasteiger partial charge in [-0.15, -0.1) is 0 Å². The predicted molar refractivity (Wildman–Crippen MR) is 237 cm³/mol. The Morgan fingerprint density at radius 1 is 0.841 bits per heavy atom. The standard InChI is InChI=1S/C48H62N4O10S/c1-34-13-18-41(19-14-34)63(57,58)60-27-26-59-40-12-8-10-36(29-40)15-16-37-28-39(32-49-31-37)42(30-44(54)61-47(2,3)4)50-45(55)38-11-9-23-52(33-38)43(53)20-17-35-21-24-51(25-22-35)46(56)62-48(5,6)7/h8,10,12-14,18-19,28-29,31-32,35,38,42H,9,11,17,20-27,30,33H2,1-7H3,(H,50,55)/t38-,42+/m1/s1. The minimum atomic E-state index is -3.92. The van der Waals surface area contributed by atoms with Crippen LogP contribution in [0.5, 0.6) is 5.75 Å². The van der Waals surface area contributed by atoms with Crippen LogP contribution in [-0.2, 0) is 38.2 Å². The van der Waals surface area contributed by atoms with Crippen molar-refractivity contribution in [1.29, 1.82) is 0 Å². The van der Waals surface area contributed by atoms with Crippen molar-refractivity contribution < 1.29 is 46.0 Å². The van der Waals surface area contributed by atoms with Crippen LogP contribution in [0.15, 0.2) is 71.9 Å². The smallest absolute Gasteiger partial charge is 0.410 e. The molecule has 3 amide bonds. The summed E-state index contributed by atoms with van der Waals surface area (Å²) in [5.41, 5.74) is 1.40. The van der Waals surface area contributed by atoms with Gasteiger partial charge in [-0.3, -0.25) is 23.6 Å². The molecule has 2 aliphatic heterocycles. The van der Waals surface area contributed by atoms with Crippen LogP contribution in [0.4, 0.5) is 4.79 Å². The molecule has 0 saturated carbocycles. The number of rotatable bonds is 14. The van der Waals surface area contributed by atoms with Gasteiger partial charge in [0.25, 0.3) is 10.1 Å². The van der Waals surface area contributed by atoms with E-state index in [1.807, 2.05) is 27.7 Å². The number of benzene rings is 2. The number of nitrogens with one attached hydrogen (secondary N) is 1. The zero-order chi connectivity index (χ0) is 45.8. The van der Waals surface area contributed by atoms with Gasteiger partial charge in [-0.25, -0.2) is 4.79 Å². The zero-order valence-corrected chi connectivity index (χ0v) is 38.4. The van der Waals surface area contributed by atoms with Crippen LogP contribution in [-0.4, -0.2) is 97.7 Å². The van der Waals surface area contributed by atoms with E-state index >= 15 is 0 Å². The molecule has 0 radical (unpaired) electrons. The van der Waals surface area contributed by atoms with E-state index < -0.39 is 39.2 Å². The van der Waals surface area contributed by atoms with Crippen LogP contribution >= 0.6 is 0 Å². The summed E-state index contributed by atoms with van der Waals surface area (Å²) >= 11 is 0. The van der Waals surface area contributed by atoms with Crippen molar-refractivity contribution >= 4 is 34.0 Å². The lowest BCUT2D eigenvalue weighted by Gasteiger charge is -2.35. The normalized spacial score (nSPS) is 16.6. The Labute approximate surface area is 372 Å². The number of amides is 3. The number of aryl methyl sites for hydroxylation is 1. The topological polar surface area (TPSA) is 171 Å². The summed E-state index contributed by atoms with van der Waals surface area (Å²) in [5, 5.41) is 3.07. The molecule has 1 aromatic heterocycles. The second kappa shape index (κ2) is 21.8. The summed E-state index contributed by atoms with van der Waals surface area (Å²) in [6.45, 7) is 14.6. The van der Waals surface area contributed by atoms with E-state index in [0.717, 1.165) is 24.8 Å². The molecule has 0 unspecified atom stereocenters. The summed E-state index contributed by atoms with van der Waals surface area (Å²) in [5.74, 6) is 5.80. The maximum atomic E-state index is 13.9. The Morgan fingerprint density at radius 2 is 1.54 bits per heavy atom. The number of aromatic nitrogens is 1. The van der Waals surface area contributed by atoms with E-state index in [1.54, 1.807) is 85.4 Å². The molecule has 3 heterocycles. The number of nitrogens with zero attached hydrogens (tertiary/aromatic N) is 3. The Hall–Kier alpha value is -5.46. The van der Waals surface area contributed by atoms with Crippen LogP contribution in [0.2, 0.25) is 0 Å². The Morgan fingerprint density at radius 3 is 2.24 bits per heavy atom. The maximum Gasteiger partial charge on any atom is 0.410 e. The monoisotopic (exact) mass is 886 g/mol. The zero-order valence-electron chi connectivity index (χ0n) is 37.6. The van der Waals surface area contributed by atoms with Crippen molar-refractivity contribution in [2.24, 2.45) is 11.8 Å². The number of piperidine rings is 2. The fourth-order valence-electron chi connectivity index (χ4n) is 7.33. The Balaban J connectivity index is 1.17. The van der Waals surface area contributed by atoms with Gasteiger partial charge in [0.1, 0.15) is 30.2 Å². The van der Waals surface area contributed by atoms with Crippen molar-refractivity contribution in [3.8, 4) is 17.6 Å². The minimum absolute atomic E-state index is 0.00668. The van der Waals surface area contributed by atoms with Crippen LogP contribution in [0.3, 0.4) is 0 Å². The quantitative estimate of drug-likeness (QED) is 0.0756. The third-order valence-corrected chi connectivity index (χ3v) is 11.9. The predicted octanol–water partition coefficient (Wildman–Crippen LogP) is 7.13. The van der Waals surface area contributed by atoms with E-state index in [-0.39, 0.29) is 49.0 Å². The molecule has 340 valence electrons. The first-order valence-electron chi connectivity index (χ1n) is 21.7. The lowest BCUT2D eigenvalue weighted by Crippen LogP contribution is -2.46. The van der Waals surface area contributed by atoms with Gasteiger partial charge in [-0.1, -0.05) is 35.6 Å². The first-order valence-corrected chi connectivity index (χ1v) is 23.1. The number of carbonyl (C=O) groups excluding carboxylic acids is 4. The lowest BCUT2D eigenvalue weighted by molar-refractivity contribution is -0.155. The number of ether oxygens (including phenoxy) is 3. The summed E-state index contributed by atoms with van der Waals surface area (Å²) in [6, 6.07) is 14.4. The van der Waals surface area contributed by atoms with Gasteiger partial charge >= 0.3 is 12.1 Å². The number of hydrogen-bond donors (Lipinski definition) is 1. The van der Waals surface area contributed by atoms with Crippen LogP contribution in [0, 0.1) is 30.6 Å². The molecule has 1 N–H and O–H groups in total. The van der Waals surface area contributed by atoms with Crippen molar-refractivity contribution in [1.82, 2.24) is 20.1 Å². The molecule has 0 spiro atoms. The van der Waals surface area contributed by atoms with Gasteiger partial charge in [0.2, 0.25) is 11.8 Å². The van der Waals surface area contributed by atoms with Gasteiger partial charge < -0.3 is 29.3 Å². The molecule has 0 bridgehead atoms. The molecule has 2 aromatic carbocycles. The van der Waals surface area contributed by atoms with E-state index in [1.165, 1.54) is 12.1 Å². The Kier molecular flexibility index (Phi) is 16.8. The molecule has 2 aliphatic rings. The van der Waals surface area contributed by atoms with Gasteiger partial charge in [0.05, 0.1) is 23.3 Å². The first kappa shape index (κ1) is 48.6. The molecule has 2 saturated heterocycles. The molecule has 5 rings (SSSR count). The maximum absolute atomic E-state index is 13.9. The molecule has 0 aliphatic carbocycles. The highest BCUT2D eigenvalue weighted by atomic mass is 32.2. The van der Waals surface area contributed by atoms with Crippen molar-refractivity contribution in [2.45, 2.75) is 116 Å². The van der Waals surface area contributed by atoms with Gasteiger partial charge in [0.15, 0.2) is 0 Å². The fourth-order valence-corrected chi connectivity index (χ4v) is 8.22. The summed E-state index contributed by atoms with van der Waals surface area (Å²) in [6.07, 6.45) is 6.72. The van der Waals surface area contributed by atoms with E-state index in [9.17, 15) is 27.6 Å². The summed E-state index contributed by atoms with van der Waals surface area (Å²) in [7, 11) is -3.92. The number of likely N-dealkylation sites (tertiary alicyclic amines) is 2. The highest BCUT2D eigenvalue weighted by molar-refractivity contribution is 7.86. The molecule has 14 nitrogen and oxygen atoms in total. The third-order valence-electron chi connectivity index (χ3n) is 10.5. The van der Waals surface area contributed by atoms with Crippen LogP contribution in [0.1, 0.15) is 115 Å². The second-order valence-corrected chi connectivity index (χ2v) is 19.8. The number of esters is 1. The number of pyridine rings is 1. The van der Waals surface area contributed by atoms with Gasteiger partial charge in [0, 0.05) is 56.1 Å². The molecular formula is C48H62N4O10S. The molecular weight excluding hydrogens is 825 g/mol. The van der Waals surface area contributed by atoms with Gasteiger partial charge in [-0.05, 0) is 128 Å². The van der Waals surface area contributed by atoms with Crippen molar-refractivity contribution in [2.75, 3.05) is 39.4 Å². The molecule has 63 heavy (non-hydrogen) atoms. The van der Waals surface area contributed by atoms with Crippen molar-refractivity contribution in [3.63, 3.8) is 0 Å². The highest BCUT2D eigenvalue weighted by Crippen LogP contribution is 2.27. The molecule has 2 fully saturated rings. The highest BCUT2D eigenvalue weighted by Gasteiger charge is 2.32. The molecule has 2 atom stereocenters. The third kappa shape index (κ3) is 16.0. The minimum Gasteiger partial charge on any atom is -0.491 e. The largest absolute Gasteiger partial charge is 0.491 e.